The van der Waals surface area contributed by atoms with E-state index in [4.69, 9.17) is 14.2 Å². The topological polar surface area (TPSA) is 84.4 Å². The molecule has 0 aliphatic carbocycles. The molecule has 0 atom stereocenters. The van der Waals surface area contributed by atoms with Gasteiger partial charge in [0, 0.05) is 43.9 Å². The molecular weight excluding hydrogens is 487 g/mol. The molecule has 0 spiro atoms. The summed E-state index contributed by atoms with van der Waals surface area (Å²) in [5.74, 6) is 2.81. The molecule has 8 nitrogen and oxygen atoms in total. The molecule has 0 aromatic heterocycles. The number of ether oxygens (including phenoxy) is 3. The second-order valence-electron chi connectivity index (χ2n) is 6.47. The first kappa shape index (κ1) is 25.1. The number of likely N-dealkylation sites (tertiary alicyclic amines) is 1. The number of hydrogen-bond acceptors (Lipinski definition) is 5. The Balaban J connectivity index is 0.00000420. The Kier molecular flexibility index (Phi) is 11.6. The molecule has 1 aliphatic rings. The molecule has 0 unspecified atom stereocenters. The van der Waals surface area contributed by atoms with Crippen molar-refractivity contribution < 1.29 is 19.0 Å². The van der Waals surface area contributed by atoms with Crippen LogP contribution in [0.15, 0.2) is 17.1 Å². The van der Waals surface area contributed by atoms with Crippen molar-refractivity contribution in [3.63, 3.8) is 0 Å². The van der Waals surface area contributed by atoms with Gasteiger partial charge in [-0.15, -0.1) is 24.0 Å². The minimum Gasteiger partial charge on any atom is -0.496 e. The molecule has 1 heterocycles. The van der Waals surface area contributed by atoms with Gasteiger partial charge in [0.05, 0.1) is 21.3 Å². The third-order valence-electron chi connectivity index (χ3n) is 4.66. The van der Waals surface area contributed by atoms with Crippen molar-refractivity contribution in [2.24, 2.45) is 4.99 Å². The second kappa shape index (κ2) is 13.3. The molecule has 1 fully saturated rings. The maximum absolute atomic E-state index is 12.2. The lowest BCUT2D eigenvalue weighted by atomic mass is 10.1. The Morgan fingerprint density at radius 3 is 2.21 bits per heavy atom. The van der Waals surface area contributed by atoms with Crippen molar-refractivity contribution in [3.05, 3.63) is 17.7 Å². The van der Waals surface area contributed by atoms with Crippen molar-refractivity contribution in [2.75, 3.05) is 54.1 Å². The highest BCUT2D eigenvalue weighted by molar-refractivity contribution is 14.0. The number of rotatable bonds is 9. The van der Waals surface area contributed by atoms with Crippen LogP contribution >= 0.6 is 24.0 Å². The molecule has 0 radical (unpaired) electrons. The normalized spacial score (nSPS) is 13.5. The van der Waals surface area contributed by atoms with Crippen LogP contribution in [0.4, 0.5) is 0 Å². The molecule has 1 aromatic rings. The van der Waals surface area contributed by atoms with Crippen LogP contribution in [0.5, 0.6) is 17.2 Å². The Morgan fingerprint density at radius 2 is 1.69 bits per heavy atom. The first-order valence-corrected chi connectivity index (χ1v) is 9.71. The molecule has 29 heavy (non-hydrogen) atoms. The maximum atomic E-state index is 12.2. The van der Waals surface area contributed by atoms with Crippen LogP contribution in [-0.2, 0) is 11.2 Å². The zero-order chi connectivity index (χ0) is 20.4. The maximum Gasteiger partial charge on any atom is 0.244 e. The van der Waals surface area contributed by atoms with E-state index in [1.807, 2.05) is 24.0 Å². The number of halogens is 1. The smallest absolute Gasteiger partial charge is 0.244 e. The first-order valence-electron chi connectivity index (χ1n) is 9.71. The van der Waals surface area contributed by atoms with Crippen LogP contribution in [0.1, 0.15) is 25.3 Å². The third kappa shape index (κ3) is 7.45. The largest absolute Gasteiger partial charge is 0.496 e. The molecule has 9 heteroatoms. The summed E-state index contributed by atoms with van der Waals surface area (Å²) in [5, 5.41) is 6.45. The lowest BCUT2D eigenvalue weighted by molar-refractivity contribution is -0.128. The van der Waals surface area contributed by atoms with E-state index in [2.05, 4.69) is 15.6 Å². The third-order valence-corrected chi connectivity index (χ3v) is 4.66. The van der Waals surface area contributed by atoms with Gasteiger partial charge in [-0.3, -0.25) is 4.79 Å². The van der Waals surface area contributed by atoms with Gasteiger partial charge in [0.2, 0.25) is 5.91 Å². The highest BCUT2D eigenvalue weighted by atomic mass is 127. The van der Waals surface area contributed by atoms with E-state index in [0.29, 0.717) is 36.2 Å². The zero-order valence-electron chi connectivity index (χ0n) is 17.7. The van der Waals surface area contributed by atoms with E-state index >= 15 is 0 Å². The second-order valence-corrected chi connectivity index (χ2v) is 6.47. The van der Waals surface area contributed by atoms with Crippen LogP contribution in [0.2, 0.25) is 0 Å². The SMILES string of the molecule is CCNC(=NCC(=O)N1CCCC1)NCCc1c(OC)cc(OC)cc1OC.I. The van der Waals surface area contributed by atoms with Gasteiger partial charge < -0.3 is 29.7 Å². The molecule has 1 aliphatic heterocycles. The number of carbonyl (C=O) groups is 1. The van der Waals surface area contributed by atoms with Crippen molar-refractivity contribution in [2.45, 2.75) is 26.2 Å². The van der Waals surface area contributed by atoms with E-state index in [1.165, 1.54) is 0 Å². The Labute approximate surface area is 190 Å². The number of aliphatic imine (C=N–C) groups is 1. The van der Waals surface area contributed by atoms with Crippen LogP contribution in [-0.4, -0.2) is 70.8 Å². The number of nitrogens with zero attached hydrogens (tertiary/aromatic N) is 2. The van der Waals surface area contributed by atoms with Gasteiger partial charge in [0.15, 0.2) is 5.96 Å². The van der Waals surface area contributed by atoms with Gasteiger partial charge >= 0.3 is 0 Å². The lowest BCUT2D eigenvalue weighted by Gasteiger charge is -2.17. The molecule has 2 rings (SSSR count). The Hall–Kier alpha value is -1.91. The highest BCUT2D eigenvalue weighted by Gasteiger charge is 2.17. The fourth-order valence-corrected chi connectivity index (χ4v) is 3.19. The number of methoxy groups -OCH3 is 3. The summed E-state index contributed by atoms with van der Waals surface area (Å²) in [7, 11) is 4.86. The zero-order valence-corrected chi connectivity index (χ0v) is 20.1. The predicted octanol–water partition coefficient (Wildman–Crippen LogP) is 2.05. The van der Waals surface area contributed by atoms with Crippen LogP contribution < -0.4 is 24.8 Å². The fraction of sp³-hybridized carbons (Fsp3) is 0.600. The summed E-state index contributed by atoms with van der Waals surface area (Å²) in [5.41, 5.74) is 0.947. The molecule has 2 N–H and O–H groups in total. The minimum atomic E-state index is 0. The predicted molar refractivity (Wildman–Crippen MR) is 125 cm³/mol. The van der Waals surface area contributed by atoms with E-state index in [0.717, 1.165) is 38.0 Å². The van der Waals surface area contributed by atoms with E-state index in [9.17, 15) is 4.79 Å². The summed E-state index contributed by atoms with van der Waals surface area (Å²) < 4.78 is 16.3. The van der Waals surface area contributed by atoms with Gasteiger partial charge in [-0.1, -0.05) is 0 Å². The van der Waals surface area contributed by atoms with E-state index in [-0.39, 0.29) is 36.4 Å². The molecule has 1 saturated heterocycles. The van der Waals surface area contributed by atoms with Crippen molar-refractivity contribution in [1.29, 1.82) is 0 Å². The average Bonchev–Trinajstić information content (AvgIpc) is 3.26. The fourth-order valence-electron chi connectivity index (χ4n) is 3.19. The molecule has 164 valence electrons. The molecule has 1 amide bonds. The summed E-state index contributed by atoms with van der Waals surface area (Å²) in [6.45, 7) is 5.17. The van der Waals surface area contributed by atoms with Crippen LogP contribution in [0, 0.1) is 0 Å². The van der Waals surface area contributed by atoms with Gasteiger partial charge in [0.25, 0.3) is 0 Å². The number of guanidine groups is 1. The average molecular weight is 520 g/mol. The van der Waals surface area contributed by atoms with Crippen molar-refractivity contribution in [3.8, 4) is 17.2 Å². The molecule has 1 aromatic carbocycles. The Bertz CT molecular complexity index is 653. The summed E-state index contributed by atoms with van der Waals surface area (Å²) >= 11 is 0. The van der Waals surface area contributed by atoms with Crippen LogP contribution in [0.3, 0.4) is 0 Å². The summed E-state index contributed by atoms with van der Waals surface area (Å²) in [4.78, 5) is 18.5. The Morgan fingerprint density at radius 1 is 1.07 bits per heavy atom. The monoisotopic (exact) mass is 520 g/mol. The number of hydrogen-bond donors (Lipinski definition) is 2. The summed E-state index contributed by atoms with van der Waals surface area (Å²) in [6, 6.07) is 3.68. The highest BCUT2D eigenvalue weighted by Crippen LogP contribution is 2.34. The quantitative estimate of drug-likeness (QED) is 0.295. The van der Waals surface area contributed by atoms with E-state index < -0.39 is 0 Å². The number of benzene rings is 1. The number of nitrogens with one attached hydrogen (secondary N) is 2. The standard InChI is InChI=1S/C20H32N4O4.HI/c1-5-21-20(23-14-19(25)24-10-6-7-11-24)22-9-8-16-17(27-3)12-15(26-2)13-18(16)28-4;/h12-13H,5-11,14H2,1-4H3,(H2,21,22,23);1H. The van der Waals surface area contributed by atoms with E-state index in [1.54, 1.807) is 21.3 Å². The van der Waals surface area contributed by atoms with Gasteiger partial charge in [-0.2, -0.15) is 0 Å². The van der Waals surface area contributed by atoms with Gasteiger partial charge in [-0.05, 0) is 26.2 Å². The van der Waals surface area contributed by atoms with Gasteiger partial charge in [-0.25, -0.2) is 4.99 Å². The molecule has 0 bridgehead atoms. The number of amides is 1. The van der Waals surface area contributed by atoms with Crippen molar-refractivity contribution in [1.82, 2.24) is 15.5 Å². The summed E-state index contributed by atoms with van der Waals surface area (Å²) in [6.07, 6.45) is 2.83. The minimum absolute atomic E-state index is 0. The lowest BCUT2D eigenvalue weighted by Crippen LogP contribution is -2.39. The van der Waals surface area contributed by atoms with Crippen LogP contribution in [0.25, 0.3) is 0 Å². The van der Waals surface area contributed by atoms with Crippen molar-refractivity contribution >= 4 is 35.8 Å². The molecular formula is C20H33IN4O4. The number of carbonyl (C=O) groups excluding carboxylic acids is 1. The molecule has 0 saturated carbocycles. The van der Waals surface area contributed by atoms with Gasteiger partial charge in [0.1, 0.15) is 23.8 Å². The first-order chi connectivity index (χ1) is 13.6.